The first-order valence-corrected chi connectivity index (χ1v) is 9.38. The van der Waals surface area contributed by atoms with Gasteiger partial charge in [0.2, 0.25) is 5.91 Å². The van der Waals surface area contributed by atoms with Crippen LogP contribution >= 0.6 is 0 Å². The molecule has 0 aliphatic heterocycles. The van der Waals surface area contributed by atoms with Crippen molar-refractivity contribution in [2.24, 2.45) is 5.73 Å². The van der Waals surface area contributed by atoms with Gasteiger partial charge in [0, 0.05) is 17.5 Å². The first kappa shape index (κ1) is 23.0. The zero-order valence-corrected chi connectivity index (χ0v) is 18.3. The van der Waals surface area contributed by atoms with Gasteiger partial charge in [0.25, 0.3) is 0 Å². The molecule has 0 fully saturated rings. The normalized spacial score (nSPS) is 12.6. The molecule has 0 atom stereocenters. The van der Waals surface area contributed by atoms with E-state index in [9.17, 15) is 9.59 Å². The van der Waals surface area contributed by atoms with Crippen LogP contribution in [0.1, 0.15) is 85.4 Å². The zero-order chi connectivity index (χ0) is 21.2. The molecule has 27 heavy (non-hydrogen) atoms. The molecule has 5 heteroatoms. The minimum atomic E-state index is -0.719. The highest BCUT2D eigenvalue weighted by atomic mass is 16.7. The Hall–Kier alpha value is -2.04. The lowest BCUT2D eigenvalue weighted by atomic mass is 9.78. The van der Waals surface area contributed by atoms with Crippen molar-refractivity contribution < 1.29 is 19.1 Å². The summed E-state index contributed by atoms with van der Waals surface area (Å²) in [4.78, 5) is 23.6. The van der Waals surface area contributed by atoms with Crippen LogP contribution in [0.5, 0.6) is 5.75 Å². The van der Waals surface area contributed by atoms with E-state index < -0.39 is 11.8 Å². The Morgan fingerprint density at radius 2 is 1.33 bits per heavy atom. The Labute approximate surface area is 163 Å². The largest absolute Gasteiger partial charge is 0.514 e. The Bertz CT molecular complexity index is 665. The summed E-state index contributed by atoms with van der Waals surface area (Å²) in [6.07, 6.45) is 0.108. The SMILES string of the molecule is CC(C)(C)OC(=O)Oc1c(C(C)(C)C)cc(CCC(N)=O)cc1C(C)(C)C. The van der Waals surface area contributed by atoms with Crippen LogP contribution in [0, 0.1) is 0 Å². The lowest BCUT2D eigenvalue weighted by Crippen LogP contribution is -2.28. The fourth-order valence-electron chi connectivity index (χ4n) is 2.68. The van der Waals surface area contributed by atoms with Gasteiger partial charge in [-0.3, -0.25) is 4.79 Å². The van der Waals surface area contributed by atoms with Crippen molar-refractivity contribution in [3.05, 3.63) is 28.8 Å². The Morgan fingerprint density at radius 1 is 0.889 bits per heavy atom. The number of primary amides is 1. The lowest BCUT2D eigenvalue weighted by molar-refractivity contribution is -0.118. The van der Waals surface area contributed by atoms with Crippen LogP contribution < -0.4 is 10.5 Å². The van der Waals surface area contributed by atoms with Gasteiger partial charge in [-0.05, 0) is 43.6 Å². The topological polar surface area (TPSA) is 78.6 Å². The van der Waals surface area contributed by atoms with E-state index in [-0.39, 0.29) is 23.2 Å². The number of nitrogens with two attached hydrogens (primary N) is 1. The van der Waals surface area contributed by atoms with Crippen LogP contribution in [0.25, 0.3) is 0 Å². The van der Waals surface area contributed by atoms with Gasteiger partial charge in [0.1, 0.15) is 11.4 Å². The van der Waals surface area contributed by atoms with Gasteiger partial charge in [0.15, 0.2) is 0 Å². The summed E-state index contributed by atoms with van der Waals surface area (Å²) in [7, 11) is 0. The van der Waals surface area contributed by atoms with Gasteiger partial charge in [0.05, 0.1) is 0 Å². The summed E-state index contributed by atoms with van der Waals surface area (Å²) in [5.41, 5.74) is 6.96. The number of aryl methyl sites for hydroxylation is 1. The summed E-state index contributed by atoms with van der Waals surface area (Å²) < 4.78 is 11.1. The quantitative estimate of drug-likeness (QED) is 0.591. The molecule has 1 aromatic carbocycles. The Kier molecular flexibility index (Phi) is 6.74. The van der Waals surface area contributed by atoms with Gasteiger partial charge in [-0.2, -0.15) is 0 Å². The number of carbonyl (C=O) groups excluding carboxylic acids is 2. The summed E-state index contributed by atoms with van der Waals surface area (Å²) in [5.74, 6) is 0.200. The van der Waals surface area contributed by atoms with Crippen LogP contribution in [0.15, 0.2) is 12.1 Å². The van der Waals surface area contributed by atoms with Crippen LogP contribution in [0.3, 0.4) is 0 Å². The van der Waals surface area contributed by atoms with Crippen LogP contribution in [0.4, 0.5) is 4.79 Å². The maximum atomic E-state index is 12.4. The molecule has 1 aromatic rings. The van der Waals surface area contributed by atoms with Crippen molar-refractivity contribution in [2.75, 3.05) is 0 Å². The second-order valence-electron chi connectivity index (χ2n) is 10.1. The van der Waals surface area contributed by atoms with Crippen molar-refractivity contribution in [2.45, 2.75) is 91.6 Å². The zero-order valence-electron chi connectivity index (χ0n) is 18.3. The third kappa shape index (κ3) is 7.24. The molecular weight excluding hydrogens is 342 g/mol. The van der Waals surface area contributed by atoms with Crippen molar-refractivity contribution in [1.29, 1.82) is 0 Å². The minimum Gasteiger partial charge on any atom is -0.428 e. The van der Waals surface area contributed by atoms with Crippen molar-refractivity contribution >= 4 is 12.1 Å². The molecule has 0 spiro atoms. The average molecular weight is 378 g/mol. The van der Waals surface area contributed by atoms with E-state index in [0.29, 0.717) is 12.2 Å². The van der Waals surface area contributed by atoms with Crippen LogP contribution in [0.2, 0.25) is 0 Å². The third-order valence-electron chi connectivity index (χ3n) is 4.00. The maximum absolute atomic E-state index is 12.4. The number of ether oxygens (including phenoxy) is 2. The first-order chi connectivity index (χ1) is 12.0. The second kappa shape index (κ2) is 7.91. The molecule has 0 unspecified atom stereocenters. The smallest absolute Gasteiger partial charge is 0.428 e. The molecule has 0 saturated heterocycles. The molecule has 5 nitrogen and oxygen atoms in total. The number of rotatable bonds is 4. The third-order valence-corrected chi connectivity index (χ3v) is 4.00. The van der Waals surface area contributed by atoms with E-state index in [2.05, 4.69) is 41.5 Å². The number of carbonyl (C=O) groups is 2. The van der Waals surface area contributed by atoms with Crippen molar-refractivity contribution in [3.8, 4) is 5.75 Å². The average Bonchev–Trinajstić information content (AvgIpc) is 2.41. The highest BCUT2D eigenvalue weighted by Gasteiger charge is 2.30. The van der Waals surface area contributed by atoms with E-state index in [1.54, 1.807) is 20.8 Å². The van der Waals surface area contributed by atoms with Gasteiger partial charge < -0.3 is 15.2 Å². The summed E-state index contributed by atoms with van der Waals surface area (Å²) in [6, 6.07) is 4.00. The monoisotopic (exact) mass is 377 g/mol. The molecule has 0 bridgehead atoms. The number of amides is 1. The predicted octanol–water partition coefficient (Wildman–Crippen LogP) is 5.01. The van der Waals surface area contributed by atoms with E-state index >= 15 is 0 Å². The van der Waals surface area contributed by atoms with E-state index in [0.717, 1.165) is 16.7 Å². The highest BCUT2D eigenvalue weighted by Crippen LogP contribution is 2.41. The van der Waals surface area contributed by atoms with E-state index in [4.69, 9.17) is 15.2 Å². The Balaban J connectivity index is 3.52. The fourth-order valence-corrected chi connectivity index (χ4v) is 2.68. The van der Waals surface area contributed by atoms with Gasteiger partial charge in [-0.15, -0.1) is 0 Å². The number of hydrogen-bond donors (Lipinski definition) is 1. The molecule has 0 saturated carbocycles. The maximum Gasteiger partial charge on any atom is 0.514 e. The molecule has 1 amide bonds. The minimum absolute atomic E-state index is 0.264. The molecule has 0 aromatic heterocycles. The van der Waals surface area contributed by atoms with Crippen molar-refractivity contribution in [1.82, 2.24) is 0 Å². The van der Waals surface area contributed by atoms with Crippen LogP contribution in [-0.4, -0.2) is 17.7 Å². The predicted molar refractivity (Wildman–Crippen MR) is 108 cm³/mol. The highest BCUT2D eigenvalue weighted by molar-refractivity contribution is 5.74. The van der Waals surface area contributed by atoms with E-state index in [1.165, 1.54) is 0 Å². The molecule has 0 aliphatic carbocycles. The van der Waals surface area contributed by atoms with Gasteiger partial charge in [-0.1, -0.05) is 53.7 Å². The Morgan fingerprint density at radius 3 is 1.67 bits per heavy atom. The summed E-state index contributed by atoms with van der Waals surface area (Å²) >= 11 is 0. The van der Waals surface area contributed by atoms with Crippen LogP contribution in [-0.2, 0) is 26.8 Å². The lowest BCUT2D eigenvalue weighted by Gasteiger charge is -2.30. The first-order valence-electron chi connectivity index (χ1n) is 9.38. The summed E-state index contributed by atoms with van der Waals surface area (Å²) in [6.45, 7) is 17.8. The van der Waals surface area contributed by atoms with E-state index in [1.807, 2.05) is 12.1 Å². The molecule has 0 aliphatic rings. The molecule has 152 valence electrons. The molecule has 0 radical (unpaired) electrons. The standard InChI is InChI=1S/C22H35NO4/c1-20(2,3)15-12-14(10-11-17(23)24)13-16(21(4,5)6)18(15)26-19(25)27-22(7,8)9/h12-13H,10-11H2,1-9H3,(H2,23,24). The van der Waals surface area contributed by atoms with Gasteiger partial charge in [-0.25, -0.2) is 4.79 Å². The second-order valence-corrected chi connectivity index (χ2v) is 10.1. The molecule has 2 N–H and O–H groups in total. The molecule has 1 rings (SSSR count). The number of hydrogen-bond acceptors (Lipinski definition) is 4. The number of benzene rings is 1. The molecular formula is C22H35NO4. The summed E-state index contributed by atoms with van der Waals surface area (Å²) in [5, 5.41) is 0. The van der Waals surface area contributed by atoms with Gasteiger partial charge >= 0.3 is 6.16 Å². The fraction of sp³-hybridized carbons (Fsp3) is 0.636. The molecule has 0 heterocycles. The van der Waals surface area contributed by atoms with Crippen molar-refractivity contribution in [3.63, 3.8) is 0 Å².